The summed E-state index contributed by atoms with van der Waals surface area (Å²) in [6.45, 7) is 6.80. The number of carbonyl (C=O) groups excluding carboxylic acids is 1. The summed E-state index contributed by atoms with van der Waals surface area (Å²) >= 11 is 0. The van der Waals surface area contributed by atoms with E-state index < -0.39 is 11.6 Å². The average Bonchev–Trinajstić information content (AvgIpc) is 2.64. The van der Waals surface area contributed by atoms with Gasteiger partial charge in [0.2, 0.25) is 0 Å². The molecule has 4 heterocycles. The summed E-state index contributed by atoms with van der Waals surface area (Å²) in [6.07, 6.45) is 2.60. The molecule has 0 unspecified atom stereocenters. The number of piperidine rings is 3. The van der Waals surface area contributed by atoms with Crippen molar-refractivity contribution in [2.24, 2.45) is 5.92 Å². The van der Waals surface area contributed by atoms with E-state index in [4.69, 9.17) is 0 Å². The zero-order valence-electron chi connectivity index (χ0n) is 13.8. The molecule has 0 saturated carbocycles. The predicted octanol–water partition coefficient (Wildman–Crippen LogP) is 1.38. The van der Waals surface area contributed by atoms with Crippen LogP contribution in [-0.4, -0.2) is 77.6 Å². The fourth-order valence-electron chi connectivity index (χ4n) is 4.43. The van der Waals surface area contributed by atoms with Gasteiger partial charge in [-0.05, 0) is 50.0 Å². The predicted molar refractivity (Wildman–Crippen MR) is 88.5 cm³/mol. The van der Waals surface area contributed by atoms with Gasteiger partial charge in [0, 0.05) is 44.3 Å². The topological polar surface area (TPSA) is 47.0 Å². The molecule has 5 rings (SSSR count). The van der Waals surface area contributed by atoms with Crippen LogP contribution < -0.4 is 0 Å². The smallest absolute Gasteiger partial charge is 0.254 e. The molecule has 4 saturated heterocycles. The molecule has 2 bridgehead atoms. The average molecular weight is 333 g/mol. The molecule has 4 aliphatic rings. The normalized spacial score (nSPS) is 30.5. The van der Waals surface area contributed by atoms with Gasteiger partial charge >= 0.3 is 0 Å². The minimum Gasteiger partial charge on any atom is -0.505 e. The van der Waals surface area contributed by atoms with Crippen LogP contribution >= 0.6 is 0 Å². The summed E-state index contributed by atoms with van der Waals surface area (Å²) in [5.74, 6) is -0.503. The number of nitrogens with zero attached hydrogens (tertiary/aromatic N) is 3. The lowest BCUT2D eigenvalue weighted by Crippen LogP contribution is -2.61. The number of rotatable bonds is 2. The maximum atomic E-state index is 13.5. The summed E-state index contributed by atoms with van der Waals surface area (Å²) in [7, 11) is 0. The van der Waals surface area contributed by atoms with Crippen LogP contribution in [0.3, 0.4) is 0 Å². The number of piperazine rings is 1. The standard InChI is InChI=1S/C18H24FN3O2/c19-15-11-14(1-2-17(15)23)18(24)22-9-7-21(8-10-22)16-12-20-5-3-13(16)4-6-20/h1-2,11,13,16,23H,3-10,12H2/t16-/m0/s1. The number of aromatic hydroxyl groups is 1. The summed E-state index contributed by atoms with van der Waals surface area (Å²) in [4.78, 5) is 19.4. The molecule has 0 spiro atoms. The van der Waals surface area contributed by atoms with Crippen molar-refractivity contribution in [3.05, 3.63) is 29.6 Å². The zero-order valence-corrected chi connectivity index (χ0v) is 13.8. The fraction of sp³-hybridized carbons (Fsp3) is 0.611. The summed E-state index contributed by atoms with van der Waals surface area (Å²) in [6, 6.07) is 4.49. The maximum absolute atomic E-state index is 13.5. The number of halogens is 1. The maximum Gasteiger partial charge on any atom is 0.254 e. The van der Waals surface area contributed by atoms with Crippen LogP contribution in [0.5, 0.6) is 5.75 Å². The molecule has 1 aromatic carbocycles. The van der Waals surface area contributed by atoms with E-state index in [1.807, 2.05) is 0 Å². The molecule has 5 nitrogen and oxygen atoms in total. The quantitative estimate of drug-likeness (QED) is 0.888. The van der Waals surface area contributed by atoms with Gasteiger partial charge < -0.3 is 14.9 Å². The van der Waals surface area contributed by atoms with Crippen molar-refractivity contribution in [3.63, 3.8) is 0 Å². The molecule has 1 atom stereocenters. The molecular formula is C18H24FN3O2. The molecule has 0 aliphatic carbocycles. The zero-order chi connectivity index (χ0) is 16.7. The van der Waals surface area contributed by atoms with Crippen molar-refractivity contribution in [1.29, 1.82) is 0 Å². The number of hydrogen-bond donors (Lipinski definition) is 1. The number of hydrogen-bond acceptors (Lipinski definition) is 4. The van der Waals surface area contributed by atoms with Gasteiger partial charge in [-0.1, -0.05) is 0 Å². The Morgan fingerprint density at radius 3 is 2.38 bits per heavy atom. The van der Waals surface area contributed by atoms with E-state index in [-0.39, 0.29) is 5.91 Å². The van der Waals surface area contributed by atoms with Crippen LogP contribution in [0, 0.1) is 11.7 Å². The monoisotopic (exact) mass is 333 g/mol. The van der Waals surface area contributed by atoms with Crippen molar-refractivity contribution in [2.75, 3.05) is 45.8 Å². The van der Waals surface area contributed by atoms with Crippen LogP contribution in [0.4, 0.5) is 4.39 Å². The van der Waals surface area contributed by atoms with E-state index in [0.29, 0.717) is 24.7 Å². The third kappa shape index (κ3) is 2.89. The van der Waals surface area contributed by atoms with E-state index in [2.05, 4.69) is 9.80 Å². The molecule has 4 fully saturated rings. The Labute approximate surface area is 141 Å². The van der Waals surface area contributed by atoms with Gasteiger partial charge in [0.15, 0.2) is 11.6 Å². The molecule has 1 amide bonds. The second kappa shape index (κ2) is 6.33. The second-order valence-corrected chi connectivity index (χ2v) is 7.20. The van der Waals surface area contributed by atoms with Gasteiger partial charge in [0.25, 0.3) is 5.91 Å². The molecule has 0 radical (unpaired) electrons. The van der Waals surface area contributed by atoms with Crippen molar-refractivity contribution in [1.82, 2.24) is 14.7 Å². The number of carbonyl (C=O) groups is 1. The summed E-state index contributed by atoms with van der Waals surface area (Å²) in [5, 5.41) is 9.26. The van der Waals surface area contributed by atoms with E-state index >= 15 is 0 Å². The molecule has 130 valence electrons. The highest BCUT2D eigenvalue weighted by molar-refractivity contribution is 5.94. The number of phenols is 1. The number of benzene rings is 1. The Morgan fingerprint density at radius 1 is 1.08 bits per heavy atom. The first-order valence-electron chi connectivity index (χ1n) is 8.86. The highest BCUT2D eigenvalue weighted by Crippen LogP contribution is 2.31. The van der Waals surface area contributed by atoms with Crippen LogP contribution in [0.1, 0.15) is 23.2 Å². The molecule has 1 N–H and O–H groups in total. The van der Waals surface area contributed by atoms with Crippen molar-refractivity contribution in [3.8, 4) is 5.75 Å². The van der Waals surface area contributed by atoms with Gasteiger partial charge in [0.05, 0.1) is 0 Å². The molecule has 0 aromatic heterocycles. The van der Waals surface area contributed by atoms with Gasteiger partial charge in [-0.25, -0.2) is 4.39 Å². The Morgan fingerprint density at radius 2 is 1.79 bits per heavy atom. The third-order valence-electron chi connectivity index (χ3n) is 5.89. The van der Waals surface area contributed by atoms with E-state index in [1.165, 1.54) is 44.6 Å². The van der Waals surface area contributed by atoms with Crippen LogP contribution in [0.15, 0.2) is 18.2 Å². The van der Waals surface area contributed by atoms with E-state index in [1.54, 1.807) is 4.90 Å². The highest BCUT2D eigenvalue weighted by Gasteiger charge is 2.38. The third-order valence-corrected chi connectivity index (χ3v) is 5.89. The lowest BCUT2D eigenvalue weighted by Gasteiger charge is -2.51. The Kier molecular flexibility index (Phi) is 4.18. The molecular weight excluding hydrogens is 309 g/mol. The first-order valence-corrected chi connectivity index (χ1v) is 8.86. The Hall–Kier alpha value is -1.66. The number of fused-ring (bicyclic) bond motifs is 3. The van der Waals surface area contributed by atoms with Crippen LogP contribution in [0.25, 0.3) is 0 Å². The van der Waals surface area contributed by atoms with Crippen LogP contribution in [-0.2, 0) is 0 Å². The van der Waals surface area contributed by atoms with Gasteiger partial charge in [-0.15, -0.1) is 0 Å². The molecule has 4 aliphatic heterocycles. The molecule has 1 aromatic rings. The Bertz CT molecular complexity index is 623. The van der Waals surface area contributed by atoms with Crippen LogP contribution in [0.2, 0.25) is 0 Å². The van der Waals surface area contributed by atoms with E-state index in [9.17, 15) is 14.3 Å². The molecule has 24 heavy (non-hydrogen) atoms. The first kappa shape index (κ1) is 15.8. The van der Waals surface area contributed by atoms with E-state index in [0.717, 1.165) is 25.1 Å². The van der Waals surface area contributed by atoms with Gasteiger partial charge in [0.1, 0.15) is 0 Å². The largest absolute Gasteiger partial charge is 0.505 e. The molecule has 6 heteroatoms. The van der Waals surface area contributed by atoms with Crippen molar-refractivity contribution < 1.29 is 14.3 Å². The lowest BCUT2D eigenvalue weighted by atomic mass is 9.83. The van der Waals surface area contributed by atoms with Gasteiger partial charge in [-0.2, -0.15) is 0 Å². The highest BCUT2D eigenvalue weighted by atomic mass is 19.1. The second-order valence-electron chi connectivity index (χ2n) is 7.20. The number of phenolic OH excluding ortho intramolecular Hbond substituents is 1. The van der Waals surface area contributed by atoms with Gasteiger partial charge in [-0.3, -0.25) is 9.69 Å². The number of amides is 1. The minimum atomic E-state index is -0.744. The SMILES string of the molecule is O=C(c1ccc(O)c(F)c1)N1CCN([C@H]2CN3CCC2CC3)CC1. The van der Waals surface area contributed by atoms with Crippen molar-refractivity contribution >= 4 is 5.91 Å². The summed E-state index contributed by atoms with van der Waals surface area (Å²) < 4.78 is 13.5. The minimum absolute atomic E-state index is 0.150. The Balaban J connectivity index is 1.37. The first-order chi connectivity index (χ1) is 11.6. The lowest BCUT2D eigenvalue weighted by molar-refractivity contribution is -0.0131. The fourth-order valence-corrected chi connectivity index (χ4v) is 4.43. The summed E-state index contributed by atoms with van der Waals surface area (Å²) in [5.41, 5.74) is 0.307. The van der Waals surface area contributed by atoms with Crippen molar-refractivity contribution in [2.45, 2.75) is 18.9 Å².